The minimum Gasteiger partial charge on any atom is -0.445 e. The SMILES string of the molecule is O=C(OCc1ccccc1)N1CCC(c2ccc(Br)cc2Cl)CC1. The van der Waals surface area contributed by atoms with Crippen molar-refractivity contribution >= 4 is 33.6 Å². The van der Waals surface area contributed by atoms with Crippen LogP contribution in [0.15, 0.2) is 53.0 Å². The van der Waals surface area contributed by atoms with Crippen LogP contribution >= 0.6 is 27.5 Å². The van der Waals surface area contributed by atoms with Crippen LogP contribution < -0.4 is 0 Å². The lowest BCUT2D eigenvalue weighted by atomic mass is 9.89. The van der Waals surface area contributed by atoms with Crippen molar-refractivity contribution in [2.75, 3.05) is 13.1 Å². The van der Waals surface area contributed by atoms with Gasteiger partial charge in [0.2, 0.25) is 0 Å². The Labute approximate surface area is 155 Å². The maximum absolute atomic E-state index is 12.2. The minimum atomic E-state index is -0.237. The van der Waals surface area contributed by atoms with Crippen LogP contribution in [-0.4, -0.2) is 24.1 Å². The van der Waals surface area contributed by atoms with E-state index in [1.165, 1.54) is 0 Å². The van der Waals surface area contributed by atoms with Gasteiger partial charge in [-0.1, -0.05) is 63.9 Å². The maximum Gasteiger partial charge on any atom is 0.410 e. The van der Waals surface area contributed by atoms with Crippen LogP contribution in [0.3, 0.4) is 0 Å². The Morgan fingerprint density at radius 1 is 1.17 bits per heavy atom. The zero-order valence-electron chi connectivity index (χ0n) is 13.3. The van der Waals surface area contributed by atoms with Crippen molar-refractivity contribution < 1.29 is 9.53 Å². The molecule has 2 aromatic carbocycles. The first kappa shape index (κ1) is 17.3. The lowest BCUT2D eigenvalue weighted by molar-refractivity contribution is 0.0870. The molecule has 1 aliphatic heterocycles. The summed E-state index contributed by atoms with van der Waals surface area (Å²) in [4.78, 5) is 14.0. The van der Waals surface area contributed by atoms with E-state index in [1.807, 2.05) is 42.5 Å². The summed E-state index contributed by atoms with van der Waals surface area (Å²) in [5.74, 6) is 0.392. The van der Waals surface area contributed by atoms with Gasteiger partial charge in [-0.2, -0.15) is 0 Å². The smallest absolute Gasteiger partial charge is 0.410 e. The van der Waals surface area contributed by atoms with E-state index < -0.39 is 0 Å². The minimum absolute atomic E-state index is 0.237. The number of ether oxygens (including phenoxy) is 1. The summed E-state index contributed by atoms with van der Waals surface area (Å²) < 4.78 is 6.39. The summed E-state index contributed by atoms with van der Waals surface area (Å²) in [6, 6.07) is 15.8. The number of benzene rings is 2. The molecule has 0 saturated carbocycles. The van der Waals surface area contributed by atoms with E-state index in [0.29, 0.717) is 25.6 Å². The van der Waals surface area contributed by atoms with Gasteiger partial charge in [0, 0.05) is 22.6 Å². The fourth-order valence-electron chi connectivity index (χ4n) is 3.02. The quantitative estimate of drug-likeness (QED) is 0.660. The molecule has 1 aliphatic rings. The molecule has 0 N–H and O–H groups in total. The predicted octanol–water partition coefficient (Wildman–Crippen LogP) is 5.62. The first-order valence-corrected chi connectivity index (χ1v) is 9.21. The molecule has 1 fully saturated rings. The molecule has 0 aromatic heterocycles. The molecule has 0 unspecified atom stereocenters. The molecule has 0 spiro atoms. The number of hydrogen-bond acceptors (Lipinski definition) is 2. The van der Waals surface area contributed by atoms with E-state index in [4.69, 9.17) is 16.3 Å². The topological polar surface area (TPSA) is 29.5 Å². The number of hydrogen-bond donors (Lipinski definition) is 0. The monoisotopic (exact) mass is 407 g/mol. The number of piperidine rings is 1. The number of likely N-dealkylation sites (tertiary alicyclic amines) is 1. The summed E-state index contributed by atoms with van der Waals surface area (Å²) in [5.41, 5.74) is 2.17. The zero-order valence-corrected chi connectivity index (χ0v) is 15.6. The molecular weight excluding hydrogens is 390 g/mol. The van der Waals surface area contributed by atoms with Crippen LogP contribution in [0, 0.1) is 0 Å². The Kier molecular flexibility index (Phi) is 5.80. The van der Waals surface area contributed by atoms with Crippen molar-refractivity contribution in [3.8, 4) is 0 Å². The third-order valence-corrected chi connectivity index (χ3v) is 5.18. The predicted molar refractivity (Wildman–Crippen MR) is 99.3 cm³/mol. The van der Waals surface area contributed by atoms with Crippen LogP contribution in [0.5, 0.6) is 0 Å². The second-order valence-corrected chi connectivity index (χ2v) is 7.29. The van der Waals surface area contributed by atoms with Gasteiger partial charge in [0.05, 0.1) is 0 Å². The van der Waals surface area contributed by atoms with E-state index in [-0.39, 0.29) is 6.09 Å². The van der Waals surface area contributed by atoms with Gasteiger partial charge in [-0.3, -0.25) is 0 Å². The summed E-state index contributed by atoms with van der Waals surface area (Å²) in [5, 5.41) is 0.787. The lowest BCUT2D eigenvalue weighted by Gasteiger charge is -2.32. The second kappa shape index (κ2) is 8.04. The van der Waals surface area contributed by atoms with Gasteiger partial charge in [0.1, 0.15) is 6.61 Å². The number of nitrogens with zero attached hydrogens (tertiary/aromatic N) is 1. The molecule has 2 aromatic rings. The van der Waals surface area contributed by atoms with Gasteiger partial charge >= 0.3 is 6.09 Å². The van der Waals surface area contributed by atoms with E-state index in [1.54, 1.807) is 4.90 Å². The second-order valence-electron chi connectivity index (χ2n) is 5.97. The number of halogens is 2. The van der Waals surface area contributed by atoms with Crippen LogP contribution in [0.25, 0.3) is 0 Å². The Morgan fingerprint density at radius 2 is 1.88 bits per heavy atom. The Bertz CT molecular complexity index is 700. The first-order valence-electron chi connectivity index (χ1n) is 8.04. The van der Waals surface area contributed by atoms with Crippen LogP contribution in [-0.2, 0) is 11.3 Å². The molecule has 0 radical (unpaired) electrons. The van der Waals surface area contributed by atoms with Gasteiger partial charge < -0.3 is 9.64 Å². The Balaban J connectivity index is 1.52. The first-order chi connectivity index (χ1) is 11.6. The standard InChI is InChI=1S/C19H19BrClNO2/c20-16-6-7-17(18(21)12-16)15-8-10-22(11-9-15)19(23)24-13-14-4-2-1-3-5-14/h1-7,12,15H,8-11,13H2. The third-order valence-electron chi connectivity index (χ3n) is 4.36. The molecule has 3 rings (SSSR count). The molecular formula is C19H19BrClNO2. The van der Waals surface area contributed by atoms with Gasteiger partial charge in [-0.25, -0.2) is 4.79 Å². The van der Waals surface area contributed by atoms with Gasteiger partial charge in [-0.15, -0.1) is 0 Å². The van der Waals surface area contributed by atoms with E-state index in [9.17, 15) is 4.79 Å². The summed E-state index contributed by atoms with van der Waals surface area (Å²) in [6.45, 7) is 1.72. The Morgan fingerprint density at radius 3 is 2.54 bits per heavy atom. The molecule has 5 heteroatoms. The average Bonchev–Trinajstić information content (AvgIpc) is 2.61. The van der Waals surface area contributed by atoms with Gasteiger partial charge in [0.25, 0.3) is 0 Å². The largest absolute Gasteiger partial charge is 0.445 e. The number of amides is 1. The maximum atomic E-state index is 12.2. The summed E-state index contributed by atoms with van der Waals surface area (Å²) >= 11 is 9.78. The molecule has 3 nitrogen and oxygen atoms in total. The van der Waals surface area contributed by atoms with E-state index >= 15 is 0 Å². The summed E-state index contributed by atoms with van der Waals surface area (Å²) in [6.07, 6.45) is 1.57. The molecule has 126 valence electrons. The number of carbonyl (C=O) groups is 1. The van der Waals surface area contributed by atoms with Crippen molar-refractivity contribution in [3.05, 3.63) is 69.2 Å². The highest BCUT2D eigenvalue weighted by Crippen LogP contribution is 2.34. The molecule has 1 heterocycles. The Hall–Kier alpha value is -1.52. The molecule has 0 aliphatic carbocycles. The van der Waals surface area contributed by atoms with Crippen molar-refractivity contribution in [3.63, 3.8) is 0 Å². The normalized spacial score (nSPS) is 15.3. The van der Waals surface area contributed by atoms with Crippen molar-refractivity contribution in [1.82, 2.24) is 4.90 Å². The van der Waals surface area contributed by atoms with Gasteiger partial charge in [-0.05, 0) is 42.0 Å². The zero-order chi connectivity index (χ0) is 16.9. The van der Waals surface area contributed by atoms with Crippen molar-refractivity contribution in [2.24, 2.45) is 0 Å². The van der Waals surface area contributed by atoms with E-state index in [0.717, 1.165) is 33.5 Å². The molecule has 1 amide bonds. The fraction of sp³-hybridized carbons (Fsp3) is 0.316. The third kappa shape index (κ3) is 4.31. The van der Waals surface area contributed by atoms with Crippen LogP contribution in [0.4, 0.5) is 4.79 Å². The highest BCUT2D eigenvalue weighted by molar-refractivity contribution is 9.10. The van der Waals surface area contributed by atoms with Crippen molar-refractivity contribution in [1.29, 1.82) is 0 Å². The van der Waals surface area contributed by atoms with Crippen molar-refractivity contribution in [2.45, 2.75) is 25.4 Å². The lowest BCUT2D eigenvalue weighted by Crippen LogP contribution is -2.38. The average molecular weight is 409 g/mol. The molecule has 0 atom stereocenters. The number of carbonyl (C=O) groups excluding carboxylic acids is 1. The fourth-order valence-corrected chi connectivity index (χ4v) is 3.84. The van der Waals surface area contributed by atoms with E-state index in [2.05, 4.69) is 22.0 Å². The number of rotatable bonds is 3. The highest BCUT2D eigenvalue weighted by atomic mass is 79.9. The van der Waals surface area contributed by atoms with Crippen LogP contribution in [0.1, 0.15) is 29.9 Å². The van der Waals surface area contributed by atoms with Crippen LogP contribution in [0.2, 0.25) is 5.02 Å². The highest BCUT2D eigenvalue weighted by Gasteiger charge is 2.25. The summed E-state index contributed by atoms with van der Waals surface area (Å²) in [7, 11) is 0. The molecule has 24 heavy (non-hydrogen) atoms. The molecule has 0 bridgehead atoms. The molecule has 1 saturated heterocycles. The van der Waals surface area contributed by atoms with Gasteiger partial charge in [0.15, 0.2) is 0 Å².